The monoisotopic (exact) mass is 310 g/mol. The van der Waals surface area contributed by atoms with Crippen LogP contribution in [0.1, 0.15) is 31.4 Å². The molecule has 0 fully saturated rings. The minimum absolute atomic E-state index is 0.124. The molecule has 0 bridgehead atoms. The third kappa shape index (κ3) is 6.08. The highest BCUT2D eigenvalue weighted by molar-refractivity contribution is 7.98. The van der Waals surface area contributed by atoms with Crippen molar-refractivity contribution in [1.82, 2.24) is 10.6 Å². The lowest BCUT2D eigenvalue weighted by Gasteiger charge is -2.20. The molecule has 0 heterocycles. The molecule has 1 rings (SSSR count). The zero-order chi connectivity index (χ0) is 15.7. The molecule has 0 saturated heterocycles. The smallest absolute Gasteiger partial charge is 0.326 e. The van der Waals surface area contributed by atoms with E-state index in [9.17, 15) is 9.59 Å². The van der Waals surface area contributed by atoms with Gasteiger partial charge in [0.1, 0.15) is 6.04 Å². The molecule has 116 valence electrons. The third-order valence-electron chi connectivity index (χ3n) is 3.13. The number of carboxylic acid groups (broad SMARTS) is 1. The Kier molecular flexibility index (Phi) is 7.68. The van der Waals surface area contributed by atoms with Crippen LogP contribution in [0.2, 0.25) is 0 Å². The lowest BCUT2D eigenvalue weighted by atomic mass is 10.1. The van der Waals surface area contributed by atoms with Gasteiger partial charge in [-0.2, -0.15) is 11.8 Å². The number of carbonyl (C=O) groups excluding carboxylic acids is 1. The summed E-state index contributed by atoms with van der Waals surface area (Å²) in [5.74, 6) is -0.320. The summed E-state index contributed by atoms with van der Waals surface area (Å²) in [6.07, 6.45) is 3.05. The van der Waals surface area contributed by atoms with Crippen LogP contribution in [0.5, 0.6) is 0 Å². The van der Waals surface area contributed by atoms with Gasteiger partial charge in [0, 0.05) is 0 Å². The van der Waals surface area contributed by atoms with Crippen LogP contribution in [-0.2, 0) is 4.79 Å². The van der Waals surface area contributed by atoms with Crippen molar-refractivity contribution in [3.8, 4) is 0 Å². The van der Waals surface area contributed by atoms with Crippen LogP contribution in [-0.4, -0.2) is 35.2 Å². The Balaban J connectivity index is 2.59. The molecule has 1 aromatic rings. The third-order valence-corrected chi connectivity index (χ3v) is 3.77. The lowest BCUT2D eigenvalue weighted by molar-refractivity contribution is -0.139. The minimum atomic E-state index is -1.01. The first-order valence-electron chi connectivity index (χ1n) is 6.92. The normalized spacial score (nSPS) is 13.2. The molecule has 0 aliphatic rings. The van der Waals surface area contributed by atoms with Crippen molar-refractivity contribution in [3.05, 3.63) is 35.9 Å². The maximum Gasteiger partial charge on any atom is 0.326 e. The number of amides is 2. The van der Waals surface area contributed by atoms with Crippen molar-refractivity contribution in [2.75, 3.05) is 12.0 Å². The summed E-state index contributed by atoms with van der Waals surface area (Å²) in [5.41, 5.74) is 1.01. The fraction of sp³-hybridized carbons (Fsp3) is 0.467. The molecule has 5 nitrogen and oxygen atoms in total. The van der Waals surface area contributed by atoms with Gasteiger partial charge in [-0.05, 0) is 30.4 Å². The second-order valence-corrected chi connectivity index (χ2v) is 5.65. The van der Waals surface area contributed by atoms with Gasteiger partial charge in [-0.3, -0.25) is 0 Å². The quantitative estimate of drug-likeness (QED) is 0.690. The van der Waals surface area contributed by atoms with Gasteiger partial charge >= 0.3 is 12.0 Å². The molecule has 0 spiro atoms. The number of carboxylic acids is 1. The molecule has 2 unspecified atom stereocenters. The predicted molar refractivity (Wildman–Crippen MR) is 85.6 cm³/mol. The number of benzene rings is 1. The van der Waals surface area contributed by atoms with E-state index in [1.54, 1.807) is 11.8 Å². The van der Waals surface area contributed by atoms with Gasteiger partial charge in [0.2, 0.25) is 0 Å². The molecule has 0 aliphatic carbocycles. The van der Waals surface area contributed by atoms with E-state index in [2.05, 4.69) is 10.6 Å². The van der Waals surface area contributed by atoms with Crippen molar-refractivity contribution in [2.24, 2.45) is 0 Å². The van der Waals surface area contributed by atoms with Gasteiger partial charge in [-0.1, -0.05) is 37.3 Å². The van der Waals surface area contributed by atoms with E-state index in [1.165, 1.54) is 0 Å². The Hall–Kier alpha value is -1.69. The number of hydrogen-bond donors (Lipinski definition) is 3. The molecule has 2 atom stereocenters. The Bertz CT molecular complexity index is 453. The van der Waals surface area contributed by atoms with Crippen LogP contribution in [0.25, 0.3) is 0 Å². The first-order valence-corrected chi connectivity index (χ1v) is 8.31. The minimum Gasteiger partial charge on any atom is -0.480 e. The van der Waals surface area contributed by atoms with E-state index in [-0.39, 0.29) is 6.04 Å². The van der Waals surface area contributed by atoms with Crippen LogP contribution >= 0.6 is 11.8 Å². The zero-order valence-corrected chi connectivity index (χ0v) is 13.2. The number of carbonyl (C=O) groups is 2. The van der Waals surface area contributed by atoms with Gasteiger partial charge in [-0.25, -0.2) is 9.59 Å². The van der Waals surface area contributed by atoms with Crippen molar-refractivity contribution in [1.29, 1.82) is 0 Å². The maximum absolute atomic E-state index is 12.0. The van der Waals surface area contributed by atoms with Crippen LogP contribution in [0, 0.1) is 0 Å². The van der Waals surface area contributed by atoms with E-state index in [0.29, 0.717) is 12.2 Å². The summed E-state index contributed by atoms with van der Waals surface area (Å²) in [5, 5.41) is 14.5. The second-order valence-electron chi connectivity index (χ2n) is 4.66. The standard InChI is InChI=1S/C15H22N2O3S/c1-3-12(11-7-5-4-6-8-11)16-15(20)17-13(14(18)19)9-10-21-2/h4-8,12-13H,3,9-10H2,1-2H3,(H,18,19)(H2,16,17,20). The first kappa shape index (κ1) is 17.4. The number of thioether (sulfide) groups is 1. The highest BCUT2D eigenvalue weighted by atomic mass is 32.2. The van der Waals surface area contributed by atoms with Gasteiger partial charge in [-0.15, -0.1) is 0 Å². The molecule has 6 heteroatoms. The highest BCUT2D eigenvalue weighted by Gasteiger charge is 2.21. The topological polar surface area (TPSA) is 78.4 Å². The Morgan fingerprint density at radius 3 is 2.43 bits per heavy atom. The van der Waals surface area contributed by atoms with Crippen molar-refractivity contribution < 1.29 is 14.7 Å². The van der Waals surface area contributed by atoms with Gasteiger partial charge in [0.15, 0.2) is 0 Å². The van der Waals surface area contributed by atoms with Crippen LogP contribution in [0.15, 0.2) is 30.3 Å². The number of urea groups is 1. The average molecular weight is 310 g/mol. The van der Waals surface area contributed by atoms with Crippen molar-refractivity contribution in [3.63, 3.8) is 0 Å². The first-order chi connectivity index (χ1) is 10.1. The van der Waals surface area contributed by atoms with Gasteiger partial charge in [0.25, 0.3) is 0 Å². The molecule has 21 heavy (non-hydrogen) atoms. The largest absolute Gasteiger partial charge is 0.480 e. The maximum atomic E-state index is 12.0. The SMILES string of the molecule is CCC(NC(=O)NC(CCSC)C(=O)O)c1ccccc1. The number of hydrogen-bond acceptors (Lipinski definition) is 3. The van der Waals surface area contributed by atoms with Gasteiger partial charge in [0.05, 0.1) is 6.04 Å². The summed E-state index contributed by atoms with van der Waals surface area (Å²) in [6, 6.07) is 8.20. The van der Waals surface area contributed by atoms with Crippen LogP contribution in [0.3, 0.4) is 0 Å². The van der Waals surface area contributed by atoms with E-state index < -0.39 is 18.0 Å². The van der Waals surface area contributed by atoms with Crippen molar-refractivity contribution in [2.45, 2.75) is 31.8 Å². The summed E-state index contributed by atoms with van der Waals surface area (Å²) in [6.45, 7) is 1.97. The summed E-state index contributed by atoms with van der Waals surface area (Å²) < 4.78 is 0. The number of aliphatic carboxylic acids is 1. The van der Waals surface area contributed by atoms with Gasteiger partial charge < -0.3 is 15.7 Å². The van der Waals surface area contributed by atoms with E-state index >= 15 is 0 Å². The average Bonchev–Trinajstić information content (AvgIpc) is 2.49. The molecule has 0 saturated carbocycles. The Morgan fingerprint density at radius 2 is 1.90 bits per heavy atom. The molecule has 1 aromatic carbocycles. The molecule has 2 amide bonds. The van der Waals surface area contributed by atoms with E-state index in [4.69, 9.17) is 5.11 Å². The lowest BCUT2D eigenvalue weighted by Crippen LogP contribution is -2.47. The fourth-order valence-electron chi connectivity index (χ4n) is 1.96. The second kappa shape index (κ2) is 9.28. The molecule has 0 radical (unpaired) electrons. The highest BCUT2D eigenvalue weighted by Crippen LogP contribution is 2.15. The molecule has 3 N–H and O–H groups in total. The summed E-state index contributed by atoms with van der Waals surface area (Å²) in [4.78, 5) is 23.1. The summed E-state index contributed by atoms with van der Waals surface area (Å²) in [7, 11) is 0. The summed E-state index contributed by atoms with van der Waals surface area (Å²) >= 11 is 1.55. The number of nitrogens with one attached hydrogen (secondary N) is 2. The van der Waals surface area contributed by atoms with E-state index in [1.807, 2.05) is 43.5 Å². The van der Waals surface area contributed by atoms with E-state index in [0.717, 1.165) is 12.0 Å². The number of rotatable bonds is 8. The zero-order valence-electron chi connectivity index (χ0n) is 12.3. The van der Waals surface area contributed by atoms with Crippen LogP contribution in [0.4, 0.5) is 4.79 Å². The fourth-order valence-corrected chi connectivity index (χ4v) is 2.43. The predicted octanol–water partition coefficient (Wildman–Crippen LogP) is 2.64. The van der Waals surface area contributed by atoms with Crippen LogP contribution < -0.4 is 10.6 Å². The molecular weight excluding hydrogens is 288 g/mol. The molecule has 0 aromatic heterocycles. The Morgan fingerprint density at radius 1 is 1.24 bits per heavy atom. The molecule has 0 aliphatic heterocycles. The van der Waals surface area contributed by atoms with Crippen molar-refractivity contribution >= 4 is 23.8 Å². The Labute approximate surface area is 129 Å². The molecular formula is C15H22N2O3S.